The number of piperazine rings is 1. The van der Waals surface area contributed by atoms with Crippen LogP contribution in [0.4, 0.5) is 5.69 Å². The normalized spacial score (nSPS) is 25.8. The van der Waals surface area contributed by atoms with E-state index >= 15 is 0 Å². The third-order valence-electron chi connectivity index (χ3n) is 7.58. The molecule has 0 unspecified atom stereocenters. The molecule has 3 aliphatic rings. The Morgan fingerprint density at radius 1 is 1.17 bits per heavy atom. The molecular formula is C27H41N5O4. The Labute approximate surface area is 214 Å². The fourth-order valence-electron chi connectivity index (χ4n) is 5.87. The van der Waals surface area contributed by atoms with E-state index in [0.29, 0.717) is 17.5 Å². The molecule has 198 valence electrons. The van der Waals surface area contributed by atoms with Gasteiger partial charge < -0.3 is 26.0 Å². The van der Waals surface area contributed by atoms with Gasteiger partial charge in [-0.15, -0.1) is 0 Å². The highest BCUT2D eigenvalue weighted by Gasteiger charge is 2.52. The van der Waals surface area contributed by atoms with Crippen LogP contribution in [0.5, 0.6) is 0 Å². The van der Waals surface area contributed by atoms with Gasteiger partial charge in [0.15, 0.2) is 5.78 Å². The first-order valence-electron chi connectivity index (χ1n) is 13.1. The Balaban J connectivity index is 1.69. The van der Waals surface area contributed by atoms with Crippen LogP contribution in [0, 0.1) is 5.41 Å². The van der Waals surface area contributed by atoms with Gasteiger partial charge in [0.1, 0.15) is 18.8 Å². The minimum Gasteiger partial charge on any atom is -0.369 e. The number of nitrogens with zero attached hydrogens (tertiary/aromatic N) is 3. The molecule has 0 saturated carbocycles. The molecule has 0 aliphatic carbocycles. The summed E-state index contributed by atoms with van der Waals surface area (Å²) in [6.07, 6.45) is 1.15. The number of benzene rings is 1. The largest absolute Gasteiger partial charge is 0.369 e. The lowest BCUT2D eigenvalue weighted by Crippen LogP contribution is -2.46. The molecule has 4 N–H and O–H groups in total. The minimum atomic E-state index is -0.665. The van der Waals surface area contributed by atoms with Crippen molar-refractivity contribution >= 4 is 23.3 Å². The Morgan fingerprint density at radius 2 is 1.86 bits per heavy atom. The number of likely N-dealkylation sites (tertiary alicyclic amines) is 1. The zero-order valence-corrected chi connectivity index (χ0v) is 22.0. The highest BCUT2D eigenvalue weighted by atomic mass is 16.5. The molecule has 0 aromatic heterocycles. The standard InChI is InChI=1S/C27H41N5O4/c1-5-8-30-9-11-31(12-10-30)17-6-7-18(25(29)34)19(13-17)20(14-27(2,3)4)26(35)32-15-21(28)24-23(32)22(33)16-36-24/h6-7,13,20-21,23-24H,5,8-12,14-16,28H2,1-4H3,(H2,29,34)/t20-,21+,23+,24+/m0/s1. The Hall–Kier alpha value is -2.49. The highest BCUT2D eigenvalue weighted by Crippen LogP contribution is 2.38. The molecule has 3 heterocycles. The second-order valence-corrected chi connectivity index (χ2v) is 11.6. The van der Waals surface area contributed by atoms with E-state index in [9.17, 15) is 14.4 Å². The summed E-state index contributed by atoms with van der Waals surface area (Å²) >= 11 is 0. The molecule has 3 fully saturated rings. The van der Waals surface area contributed by atoms with Gasteiger partial charge in [0, 0.05) is 44.0 Å². The van der Waals surface area contributed by atoms with Crippen molar-refractivity contribution in [2.24, 2.45) is 16.9 Å². The van der Waals surface area contributed by atoms with Gasteiger partial charge in [0.05, 0.1) is 12.0 Å². The molecule has 1 aromatic carbocycles. The van der Waals surface area contributed by atoms with E-state index in [-0.39, 0.29) is 30.3 Å². The van der Waals surface area contributed by atoms with Gasteiger partial charge in [0.25, 0.3) is 0 Å². The molecule has 0 radical (unpaired) electrons. The summed E-state index contributed by atoms with van der Waals surface area (Å²) in [5.41, 5.74) is 13.8. The van der Waals surface area contributed by atoms with E-state index in [4.69, 9.17) is 16.2 Å². The summed E-state index contributed by atoms with van der Waals surface area (Å²) in [5.74, 6) is -1.51. The van der Waals surface area contributed by atoms with Gasteiger partial charge in [0.2, 0.25) is 11.8 Å². The van der Waals surface area contributed by atoms with Gasteiger partial charge in [-0.25, -0.2) is 0 Å². The number of rotatable bonds is 7. The summed E-state index contributed by atoms with van der Waals surface area (Å²) in [7, 11) is 0. The molecule has 9 nitrogen and oxygen atoms in total. The number of fused-ring (bicyclic) bond motifs is 1. The number of amides is 2. The van der Waals surface area contributed by atoms with Gasteiger partial charge in [-0.05, 0) is 48.6 Å². The zero-order valence-electron chi connectivity index (χ0n) is 22.0. The SMILES string of the molecule is CCCN1CCN(c2ccc(C(N)=O)c([C@H](CC(C)(C)C)C(=O)N3C[C@@H](N)[C@H]4OCC(=O)[C@H]43)c2)CC1. The van der Waals surface area contributed by atoms with Crippen molar-refractivity contribution in [1.82, 2.24) is 9.80 Å². The van der Waals surface area contributed by atoms with Crippen molar-refractivity contribution < 1.29 is 19.1 Å². The van der Waals surface area contributed by atoms with E-state index in [1.54, 1.807) is 11.0 Å². The maximum atomic E-state index is 14.1. The van der Waals surface area contributed by atoms with Crippen LogP contribution in [0.15, 0.2) is 18.2 Å². The number of hydrogen-bond donors (Lipinski definition) is 2. The van der Waals surface area contributed by atoms with Crippen molar-refractivity contribution in [2.75, 3.05) is 50.8 Å². The summed E-state index contributed by atoms with van der Waals surface area (Å²) in [6.45, 7) is 13.4. The monoisotopic (exact) mass is 499 g/mol. The van der Waals surface area contributed by atoms with Crippen molar-refractivity contribution in [3.8, 4) is 0 Å². The Morgan fingerprint density at radius 3 is 2.47 bits per heavy atom. The average Bonchev–Trinajstić information content (AvgIpc) is 3.37. The van der Waals surface area contributed by atoms with Crippen molar-refractivity contribution in [3.05, 3.63) is 29.3 Å². The number of carbonyl (C=O) groups excluding carboxylic acids is 3. The number of carbonyl (C=O) groups is 3. The average molecular weight is 500 g/mol. The van der Waals surface area contributed by atoms with Gasteiger partial charge >= 0.3 is 0 Å². The fraction of sp³-hybridized carbons (Fsp3) is 0.667. The van der Waals surface area contributed by atoms with E-state index in [1.807, 2.05) is 12.1 Å². The molecule has 4 atom stereocenters. The first-order valence-corrected chi connectivity index (χ1v) is 13.1. The number of ketones is 1. The molecule has 1 aromatic rings. The molecule has 9 heteroatoms. The second-order valence-electron chi connectivity index (χ2n) is 11.6. The second kappa shape index (κ2) is 10.5. The highest BCUT2D eigenvalue weighted by molar-refractivity contribution is 5.99. The molecular weight excluding hydrogens is 458 g/mol. The topological polar surface area (TPSA) is 122 Å². The van der Waals surface area contributed by atoms with Crippen LogP contribution in [0.25, 0.3) is 0 Å². The number of ether oxygens (including phenoxy) is 1. The van der Waals surface area contributed by atoms with Crippen LogP contribution in [-0.4, -0.2) is 91.5 Å². The molecule has 2 amide bonds. The first kappa shape index (κ1) is 26.6. The van der Waals surface area contributed by atoms with Crippen LogP contribution in [-0.2, 0) is 14.3 Å². The first-order chi connectivity index (χ1) is 17.0. The molecule has 3 aliphatic heterocycles. The van der Waals surface area contributed by atoms with Crippen LogP contribution in [0.1, 0.15) is 62.4 Å². The van der Waals surface area contributed by atoms with E-state index < -0.39 is 30.0 Å². The fourth-order valence-corrected chi connectivity index (χ4v) is 5.87. The van der Waals surface area contributed by atoms with E-state index in [0.717, 1.165) is 44.8 Å². The van der Waals surface area contributed by atoms with Crippen LogP contribution in [0.3, 0.4) is 0 Å². The Kier molecular flexibility index (Phi) is 7.73. The van der Waals surface area contributed by atoms with E-state index in [2.05, 4.69) is 37.5 Å². The molecule has 0 spiro atoms. The number of primary amides is 1. The predicted octanol–water partition coefficient (Wildman–Crippen LogP) is 1.34. The quantitative estimate of drug-likeness (QED) is 0.581. The van der Waals surface area contributed by atoms with Gasteiger partial charge in [-0.1, -0.05) is 27.7 Å². The summed E-state index contributed by atoms with van der Waals surface area (Å²) in [4.78, 5) is 45.6. The predicted molar refractivity (Wildman–Crippen MR) is 139 cm³/mol. The van der Waals surface area contributed by atoms with Gasteiger partial charge in [-0.3, -0.25) is 19.3 Å². The summed E-state index contributed by atoms with van der Waals surface area (Å²) in [6, 6.07) is 4.55. The number of anilines is 1. The Bertz CT molecular complexity index is 998. The lowest BCUT2D eigenvalue weighted by Gasteiger charge is -2.37. The summed E-state index contributed by atoms with van der Waals surface area (Å²) in [5, 5.41) is 0. The number of Topliss-reactive ketones (excluding diaryl/α,β-unsaturated/α-hetero) is 1. The molecule has 0 bridgehead atoms. The third kappa shape index (κ3) is 5.43. The lowest BCUT2D eigenvalue weighted by atomic mass is 9.79. The smallest absolute Gasteiger partial charge is 0.249 e. The third-order valence-corrected chi connectivity index (χ3v) is 7.58. The van der Waals surface area contributed by atoms with Crippen molar-refractivity contribution in [3.63, 3.8) is 0 Å². The maximum Gasteiger partial charge on any atom is 0.249 e. The van der Waals surface area contributed by atoms with Gasteiger partial charge in [-0.2, -0.15) is 0 Å². The molecule has 36 heavy (non-hydrogen) atoms. The van der Waals surface area contributed by atoms with Crippen LogP contribution < -0.4 is 16.4 Å². The number of hydrogen-bond acceptors (Lipinski definition) is 7. The molecule has 4 rings (SSSR count). The zero-order chi connectivity index (χ0) is 26.2. The molecule has 3 saturated heterocycles. The summed E-state index contributed by atoms with van der Waals surface area (Å²) < 4.78 is 5.60. The lowest BCUT2D eigenvalue weighted by molar-refractivity contribution is -0.138. The van der Waals surface area contributed by atoms with E-state index in [1.165, 1.54) is 0 Å². The van der Waals surface area contributed by atoms with Crippen molar-refractivity contribution in [2.45, 2.75) is 64.6 Å². The minimum absolute atomic E-state index is 0.0250. The van der Waals surface area contributed by atoms with Crippen molar-refractivity contribution in [1.29, 1.82) is 0 Å². The van der Waals surface area contributed by atoms with Crippen LogP contribution >= 0.6 is 0 Å². The number of nitrogens with two attached hydrogens (primary N) is 2. The van der Waals surface area contributed by atoms with Crippen LogP contribution in [0.2, 0.25) is 0 Å². The maximum absolute atomic E-state index is 14.1.